The lowest BCUT2D eigenvalue weighted by Crippen LogP contribution is -2.45. The fourth-order valence-electron chi connectivity index (χ4n) is 1.76. The quantitative estimate of drug-likeness (QED) is 0.649. The van der Waals surface area contributed by atoms with Crippen LogP contribution in [0.2, 0.25) is 0 Å². The van der Waals surface area contributed by atoms with Gasteiger partial charge in [-0.1, -0.05) is 39.0 Å². The summed E-state index contributed by atoms with van der Waals surface area (Å²) in [5.74, 6) is -0.158. The largest absolute Gasteiger partial charge is 0.325 e. The summed E-state index contributed by atoms with van der Waals surface area (Å²) >= 11 is 4.42. The topological polar surface area (TPSA) is 70.1 Å². The van der Waals surface area contributed by atoms with Crippen LogP contribution >= 0.6 is 12.6 Å². The van der Waals surface area contributed by atoms with Crippen LogP contribution in [0.1, 0.15) is 45.2 Å². The number of benzene rings is 1. The minimum Gasteiger partial charge on any atom is -0.325 e. The van der Waals surface area contributed by atoms with Gasteiger partial charge in [0.25, 0.3) is 0 Å². The molecular formula is C16H25N3OS. The highest BCUT2D eigenvalue weighted by Crippen LogP contribution is 2.17. The molecule has 0 aliphatic carbocycles. The van der Waals surface area contributed by atoms with Crippen molar-refractivity contribution in [2.45, 2.75) is 52.1 Å². The van der Waals surface area contributed by atoms with Gasteiger partial charge in [0.15, 0.2) is 0 Å². The predicted octanol–water partition coefficient (Wildman–Crippen LogP) is 2.93. The summed E-state index contributed by atoms with van der Waals surface area (Å²) in [4.78, 5) is 13.7. The van der Waals surface area contributed by atoms with E-state index in [1.54, 1.807) is 24.0 Å². The third kappa shape index (κ3) is 5.78. The number of carbonyl (C=O) groups excluding carboxylic acids is 1. The Balaban J connectivity index is 0.00000191. The van der Waals surface area contributed by atoms with Crippen LogP contribution in [0.4, 0.5) is 0 Å². The molecule has 2 atom stereocenters. The van der Waals surface area contributed by atoms with Crippen LogP contribution in [0.15, 0.2) is 24.3 Å². The smallest absolute Gasteiger partial charge is 0.240 e. The molecule has 1 aromatic carbocycles. The van der Waals surface area contributed by atoms with Gasteiger partial charge in [-0.3, -0.25) is 4.79 Å². The second-order valence-electron chi connectivity index (χ2n) is 4.41. The summed E-state index contributed by atoms with van der Waals surface area (Å²) in [5, 5.41) is 8.87. The van der Waals surface area contributed by atoms with Crippen LogP contribution in [-0.2, 0) is 11.3 Å². The van der Waals surface area contributed by atoms with E-state index in [4.69, 9.17) is 11.0 Å². The maximum absolute atomic E-state index is 12.1. The molecule has 2 unspecified atom stereocenters. The molecule has 5 heteroatoms. The number of nitriles is 1. The predicted molar refractivity (Wildman–Crippen MR) is 89.8 cm³/mol. The first-order valence-electron chi connectivity index (χ1n) is 7.23. The van der Waals surface area contributed by atoms with Gasteiger partial charge in [0.2, 0.25) is 5.91 Å². The number of rotatable bonds is 5. The molecule has 0 spiro atoms. The fourth-order valence-corrected chi connectivity index (χ4v) is 1.96. The Bertz CT molecular complexity index is 483. The van der Waals surface area contributed by atoms with E-state index in [-0.39, 0.29) is 11.3 Å². The molecule has 0 bridgehead atoms. The van der Waals surface area contributed by atoms with E-state index in [0.717, 1.165) is 12.0 Å². The molecule has 1 amide bonds. The highest BCUT2D eigenvalue weighted by Gasteiger charge is 2.23. The van der Waals surface area contributed by atoms with E-state index in [1.807, 2.05) is 32.9 Å². The zero-order valence-corrected chi connectivity index (χ0v) is 14.1. The number of nitrogens with zero attached hydrogens (tertiary/aromatic N) is 2. The summed E-state index contributed by atoms with van der Waals surface area (Å²) < 4.78 is 0. The second kappa shape index (κ2) is 10.3. The molecule has 4 nitrogen and oxygen atoms in total. The lowest BCUT2D eigenvalue weighted by molar-refractivity contribution is -0.133. The van der Waals surface area contributed by atoms with Crippen LogP contribution in [-0.4, -0.2) is 22.2 Å². The molecule has 21 heavy (non-hydrogen) atoms. The van der Waals surface area contributed by atoms with Crippen molar-refractivity contribution in [3.63, 3.8) is 0 Å². The summed E-state index contributed by atoms with van der Waals surface area (Å²) in [6.45, 7) is 7.96. The molecule has 0 fully saturated rings. The molecule has 0 heterocycles. The molecule has 0 aliphatic rings. The van der Waals surface area contributed by atoms with Gasteiger partial charge in [0.1, 0.15) is 0 Å². The molecule has 2 N–H and O–H groups in total. The molecular weight excluding hydrogens is 282 g/mol. The van der Waals surface area contributed by atoms with Gasteiger partial charge in [-0.2, -0.15) is 17.9 Å². The average Bonchev–Trinajstić information content (AvgIpc) is 2.53. The SMILES string of the molecule is CC.CCC(S)N(Cc1ccccc1C#N)C(=O)C(C)N. The third-order valence-electron chi connectivity index (χ3n) is 2.88. The highest BCUT2D eigenvalue weighted by molar-refractivity contribution is 7.80. The van der Waals surface area contributed by atoms with Crippen molar-refractivity contribution in [2.75, 3.05) is 0 Å². The van der Waals surface area contributed by atoms with E-state index in [1.165, 1.54) is 0 Å². The first kappa shape index (κ1) is 19.5. The van der Waals surface area contributed by atoms with E-state index in [0.29, 0.717) is 12.1 Å². The van der Waals surface area contributed by atoms with Gasteiger partial charge < -0.3 is 10.6 Å². The van der Waals surface area contributed by atoms with E-state index >= 15 is 0 Å². The zero-order chi connectivity index (χ0) is 16.4. The molecule has 116 valence electrons. The minimum atomic E-state index is -0.574. The lowest BCUT2D eigenvalue weighted by Gasteiger charge is -2.29. The summed E-state index contributed by atoms with van der Waals surface area (Å²) in [6, 6.07) is 8.80. The monoisotopic (exact) mass is 307 g/mol. The Morgan fingerprint density at radius 1 is 1.43 bits per heavy atom. The second-order valence-corrected chi connectivity index (χ2v) is 5.01. The first-order chi connectivity index (χ1) is 10.0. The lowest BCUT2D eigenvalue weighted by atomic mass is 10.1. The van der Waals surface area contributed by atoms with Crippen molar-refractivity contribution in [3.05, 3.63) is 35.4 Å². The Hall–Kier alpha value is -1.51. The number of hydrogen-bond acceptors (Lipinski definition) is 4. The number of thiol groups is 1. The fraction of sp³-hybridized carbons (Fsp3) is 0.500. The van der Waals surface area contributed by atoms with E-state index in [2.05, 4.69) is 18.7 Å². The third-order valence-corrected chi connectivity index (χ3v) is 3.52. The average molecular weight is 307 g/mol. The molecule has 0 radical (unpaired) electrons. The number of nitrogens with two attached hydrogens (primary N) is 1. The normalized spacial score (nSPS) is 12.4. The summed E-state index contributed by atoms with van der Waals surface area (Å²) in [5.41, 5.74) is 7.05. The molecule has 1 rings (SSSR count). The van der Waals surface area contributed by atoms with Gasteiger partial charge in [0.05, 0.1) is 23.0 Å². The van der Waals surface area contributed by atoms with E-state index in [9.17, 15) is 4.79 Å². The Morgan fingerprint density at radius 3 is 2.48 bits per heavy atom. The van der Waals surface area contributed by atoms with Crippen molar-refractivity contribution >= 4 is 18.5 Å². The van der Waals surface area contributed by atoms with Crippen LogP contribution in [0.5, 0.6) is 0 Å². The van der Waals surface area contributed by atoms with E-state index < -0.39 is 6.04 Å². The maximum atomic E-state index is 12.1. The zero-order valence-electron chi connectivity index (χ0n) is 13.2. The minimum absolute atomic E-state index is 0.158. The number of hydrogen-bond donors (Lipinski definition) is 2. The van der Waals surface area contributed by atoms with Crippen molar-refractivity contribution in [1.29, 1.82) is 5.26 Å². The standard InChI is InChI=1S/C14H19N3OS.C2H6/c1-3-13(19)17(14(18)10(2)16)9-12-7-5-4-6-11(12)8-15;1-2/h4-7,10,13,19H,3,9,16H2,1-2H3;1-2H3. The summed E-state index contributed by atoms with van der Waals surface area (Å²) in [7, 11) is 0. The molecule has 0 saturated heterocycles. The first-order valence-corrected chi connectivity index (χ1v) is 7.75. The van der Waals surface area contributed by atoms with Gasteiger partial charge in [-0.15, -0.1) is 0 Å². The number of amides is 1. The highest BCUT2D eigenvalue weighted by atomic mass is 32.1. The van der Waals surface area contributed by atoms with Gasteiger partial charge >= 0.3 is 0 Å². The molecule has 0 saturated carbocycles. The maximum Gasteiger partial charge on any atom is 0.240 e. The Morgan fingerprint density at radius 2 is 2.00 bits per heavy atom. The summed E-state index contributed by atoms with van der Waals surface area (Å²) in [6.07, 6.45) is 0.719. The van der Waals surface area contributed by atoms with Crippen LogP contribution in [0, 0.1) is 11.3 Å². The van der Waals surface area contributed by atoms with Crippen molar-refractivity contribution in [1.82, 2.24) is 4.90 Å². The van der Waals surface area contributed by atoms with Gasteiger partial charge in [-0.05, 0) is 25.0 Å². The molecule has 0 aromatic heterocycles. The van der Waals surface area contributed by atoms with Crippen molar-refractivity contribution in [2.24, 2.45) is 5.73 Å². The van der Waals surface area contributed by atoms with Crippen LogP contribution in [0.3, 0.4) is 0 Å². The molecule has 1 aromatic rings. The van der Waals surface area contributed by atoms with Crippen LogP contribution in [0.25, 0.3) is 0 Å². The molecule has 0 aliphatic heterocycles. The van der Waals surface area contributed by atoms with Crippen LogP contribution < -0.4 is 5.73 Å². The van der Waals surface area contributed by atoms with Gasteiger partial charge in [-0.25, -0.2) is 0 Å². The van der Waals surface area contributed by atoms with Crippen molar-refractivity contribution in [3.8, 4) is 6.07 Å². The van der Waals surface area contributed by atoms with Crippen molar-refractivity contribution < 1.29 is 4.79 Å². The Kier molecular flexibility index (Phi) is 9.51. The van der Waals surface area contributed by atoms with Gasteiger partial charge in [0, 0.05) is 6.54 Å². The Labute approximate surface area is 133 Å². The number of carbonyl (C=O) groups is 1.